The van der Waals surface area contributed by atoms with Gasteiger partial charge in [0.05, 0.1) is 0 Å². The second-order valence-electron chi connectivity index (χ2n) is 5.17. The molecule has 0 radical (unpaired) electrons. The Balaban J connectivity index is 1.58. The fraction of sp³-hybridized carbons (Fsp3) is 0.167. The lowest BCUT2D eigenvalue weighted by atomic mass is 10.1. The van der Waals surface area contributed by atoms with Gasteiger partial charge in [0.25, 0.3) is 0 Å². The largest absolute Gasteiger partial charge is 0.403 e. The molecule has 3 rings (SSSR count). The molecule has 0 unspecified atom stereocenters. The summed E-state index contributed by atoms with van der Waals surface area (Å²) in [5.41, 5.74) is 1.94. The molecule has 0 atom stereocenters. The van der Waals surface area contributed by atoms with Gasteiger partial charge in [0, 0.05) is 16.9 Å². The van der Waals surface area contributed by atoms with Crippen molar-refractivity contribution < 1.29 is 9.21 Å². The summed E-state index contributed by atoms with van der Waals surface area (Å²) >= 11 is 1.67. The molecule has 1 N–H and O–H groups in total. The molecule has 0 saturated heterocycles. The normalized spacial score (nSPS) is 10.5. The standard InChI is InChI=1S/C18H17N3O2S/c1-24-15-10-8-14(9-11-15)17-20-21-18(23-17)19-16(22)12-7-13-5-3-2-4-6-13/h2-6,8-11H,7,12H2,1H3,(H,19,21,22). The lowest BCUT2D eigenvalue weighted by molar-refractivity contribution is -0.116. The third-order valence-electron chi connectivity index (χ3n) is 3.49. The van der Waals surface area contributed by atoms with Crippen molar-refractivity contribution in [3.8, 4) is 11.5 Å². The minimum Gasteiger partial charge on any atom is -0.403 e. The number of rotatable bonds is 6. The van der Waals surface area contributed by atoms with Crippen molar-refractivity contribution in [2.45, 2.75) is 17.7 Å². The monoisotopic (exact) mass is 339 g/mol. The molecule has 0 aliphatic carbocycles. The number of thioether (sulfide) groups is 1. The smallest absolute Gasteiger partial charge is 0.322 e. The SMILES string of the molecule is CSc1ccc(-c2nnc(NC(=O)CCc3ccccc3)o2)cc1. The molecule has 24 heavy (non-hydrogen) atoms. The summed E-state index contributed by atoms with van der Waals surface area (Å²) in [4.78, 5) is 13.1. The molecule has 1 amide bonds. The maximum atomic E-state index is 12.0. The van der Waals surface area contributed by atoms with E-state index in [2.05, 4.69) is 15.5 Å². The van der Waals surface area contributed by atoms with Gasteiger partial charge >= 0.3 is 6.01 Å². The van der Waals surface area contributed by atoms with E-state index in [4.69, 9.17) is 4.42 Å². The van der Waals surface area contributed by atoms with E-state index in [0.29, 0.717) is 18.7 Å². The molecule has 1 heterocycles. The Kier molecular flexibility index (Phi) is 5.28. The molecule has 0 fully saturated rings. The van der Waals surface area contributed by atoms with Crippen LogP contribution >= 0.6 is 11.8 Å². The highest BCUT2D eigenvalue weighted by molar-refractivity contribution is 7.98. The lowest BCUT2D eigenvalue weighted by Crippen LogP contribution is -2.12. The molecule has 6 heteroatoms. The van der Waals surface area contributed by atoms with Gasteiger partial charge in [0.15, 0.2) is 0 Å². The Morgan fingerprint density at radius 3 is 2.54 bits per heavy atom. The van der Waals surface area contributed by atoms with Gasteiger partial charge in [-0.1, -0.05) is 35.4 Å². The van der Waals surface area contributed by atoms with E-state index >= 15 is 0 Å². The summed E-state index contributed by atoms with van der Waals surface area (Å²) in [6.07, 6.45) is 3.05. The predicted molar refractivity (Wildman–Crippen MR) is 94.9 cm³/mol. The third kappa shape index (κ3) is 4.23. The third-order valence-corrected chi connectivity index (χ3v) is 4.24. The van der Waals surface area contributed by atoms with Gasteiger partial charge in [-0.25, -0.2) is 0 Å². The molecular weight excluding hydrogens is 322 g/mol. The average Bonchev–Trinajstić information content (AvgIpc) is 3.09. The Morgan fingerprint density at radius 2 is 1.83 bits per heavy atom. The van der Waals surface area contributed by atoms with Crippen LogP contribution in [-0.2, 0) is 11.2 Å². The van der Waals surface area contributed by atoms with Gasteiger partial charge in [-0.05, 0) is 42.5 Å². The minimum atomic E-state index is -0.146. The van der Waals surface area contributed by atoms with Crippen molar-refractivity contribution in [1.29, 1.82) is 0 Å². The van der Waals surface area contributed by atoms with Crippen molar-refractivity contribution in [2.24, 2.45) is 0 Å². The number of aryl methyl sites for hydroxylation is 1. The lowest BCUT2D eigenvalue weighted by Gasteiger charge is -2.01. The number of hydrogen-bond donors (Lipinski definition) is 1. The highest BCUT2D eigenvalue weighted by Gasteiger charge is 2.11. The predicted octanol–water partition coefficient (Wildman–Crippen LogP) is 4.03. The summed E-state index contributed by atoms with van der Waals surface area (Å²) in [6.45, 7) is 0. The number of carbonyl (C=O) groups is 1. The Bertz CT molecular complexity index is 801. The first-order valence-corrected chi connectivity index (χ1v) is 8.79. The first-order chi connectivity index (χ1) is 11.7. The highest BCUT2D eigenvalue weighted by Crippen LogP contribution is 2.23. The Hall–Kier alpha value is -2.60. The maximum Gasteiger partial charge on any atom is 0.322 e. The zero-order valence-electron chi connectivity index (χ0n) is 13.2. The van der Waals surface area contributed by atoms with Crippen LogP contribution in [0, 0.1) is 0 Å². The van der Waals surface area contributed by atoms with Crippen LogP contribution in [0.2, 0.25) is 0 Å². The highest BCUT2D eigenvalue weighted by atomic mass is 32.2. The second-order valence-corrected chi connectivity index (χ2v) is 6.05. The number of carbonyl (C=O) groups excluding carboxylic acids is 1. The van der Waals surface area contributed by atoms with Crippen molar-refractivity contribution in [1.82, 2.24) is 10.2 Å². The molecular formula is C18H17N3O2S. The average molecular weight is 339 g/mol. The molecule has 0 aliphatic rings. The molecule has 2 aromatic carbocycles. The molecule has 5 nitrogen and oxygen atoms in total. The van der Waals surface area contributed by atoms with E-state index < -0.39 is 0 Å². The van der Waals surface area contributed by atoms with E-state index in [1.807, 2.05) is 60.9 Å². The minimum absolute atomic E-state index is 0.122. The maximum absolute atomic E-state index is 12.0. The van der Waals surface area contributed by atoms with Gasteiger partial charge in [0.2, 0.25) is 11.8 Å². The van der Waals surface area contributed by atoms with Crippen molar-refractivity contribution in [3.05, 3.63) is 60.2 Å². The summed E-state index contributed by atoms with van der Waals surface area (Å²) in [6, 6.07) is 17.8. The second kappa shape index (κ2) is 7.79. The molecule has 0 saturated carbocycles. The molecule has 0 aliphatic heterocycles. The van der Waals surface area contributed by atoms with Crippen molar-refractivity contribution in [3.63, 3.8) is 0 Å². The fourth-order valence-corrected chi connectivity index (χ4v) is 2.62. The van der Waals surface area contributed by atoms with Gasteiger partial charge in [0.1, 0.15) is 0 Å². The van der Waals surface area contributed by atoms with Crippen molar-refractivity contribution >= 4 is 23.7 Å². The first-order valence-electron chi connectivity index (χ1n) is 7.56. The van der Waals surface area contributed by atoms with E-state index in [9.17, 15) is 4.79 Å². The number of nitrogens with zero attached hydrogens (tertiary/aromatic N) is 2. The van der Waals surface area contributed by atoms with Crippen LogP contribution < -0.4 is 5.32 Å². The van der Waals surface area contributed by atoms with E-state index in [1.54, 1.807) is 11.8 Å². The van der Waals surface area contributed by atoms with Gasteiger partial charge < -0.3 is 4.42 Å². The van der Waals surface area contributed by atoms with Crippen LogP contribution in [0.15, 0.2) is 63.9 Å². The Labute approximate surface area is 144 Å². The van der Waals surface area contributed by atoms with Crippen LogP contribution in [0.1, 0.15) is 12.0 Å². The van der Waals surface area contributed by atoms with Crippen LogP contribution in [0.5, 0.6) is 0 Å². The molecule has 3 aromatic rings. The molecule has 1 aromatic heterocycles. The molecule has 122 valence electrons. The van der Waals surface area contributed by atoms with Crippen LogP contribution in [-0.4, -0.2) is 22.4 Å². The van der Waals surface area contributed by atoms with Crippen LogP contribution in [0.25, 0.3) is 11.5 Å². The van der Waals surface area contributed by atoms with E-state index in [0.717, 1.165) is 16.0 Å². The van der Waals surface area contributed by atoms with Crippen LogP contribution in [0.4, 0.5) is 6.01 Å². The number of nitrogens with one attached hydrogen (secondary N) is 1. The first kappa shape index (κ1) is 16.3. The Morgan fingerprint density at radius 1 is 1.08 bits per heavy atom. The van der Waals surface area contributed by atoms with Gasteiger partial charge in [-0.2, -0.15) is 0 Å². The number of aromatic nitrogens is 2. The molecule has 0 bridgehead atoms. The number of benzene rings is 2. The number of hydrogen-bond acceptors (Lipinski definition) is 5. The van der Waals surface area contributed by atoms with Crippen molar-refractivity contribution in [2.75, 3.05) is 11.6 Å². The number of anilines is 1. The van der Waals surface area contributed by atoms with E-state index in [1.165, 1.54) is 0 Å². The zero-order valence-corrected chi connectivity index (χ0v) is 14.0. The van der Waals surface area contributed by atoms with Gasteiger partial charge in [-0.3, -0.25) is 10.1 Å². The van der Waals surface area contributed by atoms with Gasteiger partial charge in [-0.15, -0.1) is 16.9 Å². The number of amides is 1. The van der Waals surface area contributed by atoms with E-state index in [-0.39, 0.29) is 11.9 Å². The summed E-state index contributed by atoms with van der Waals surface area (Å²) in [5, 5.41) is 10.5. The fourth-order valence-electron chi connectivity index (χ4n) is 2.21. The molecule has 0 spiro atoms. The summed E-state index contributed by atoms with van der Waals surface area (Å²) in [5.74, 6) is 0.243. The topological polar surface area (TPSA) is 68.0 Å². The zero-order chi connectivity index (χ0) is 16.8. The summed E-state index contributed by atoms with van der Waals surface area (Å²) < 4.78 is 5.50. The quantitative estimate of drug-likeness (QED) is 0.687. The van der Waals surface area contributed by atoms with Crippen LogP contribution in [0.3, 0.4) is 0 Å². The summed E-state index contributed by atoms with van der Waals surface area (Å²) in [7, 11) is 0.